The predicted molar refractivity (Wildman–Crippen MR) is 93.0 cm³/mol. The van der Waals surface area contributed by atoms with Crippen molar-refractivity contribution in [1.29, 1.82) is 0 Å². The summed E-state index contributed by atoms with van der Waals surface area (Å²) in [5, 5.41) is 2.29. The van der Waals surface area contributed by atoms with Crippen LogP contribution in [0.5, 0.6) is 0 Å². The van der Waals surface area contributed by atoms with E-state index in [1.54, 1.807) is 0 Å². The van der Waals surface area contributed by atoms with E-state index in [9.17, 15) is 30.4 Å². The number of nitrogens with one attached hydrogen (secondary N) is 1. The first-order valence-electron chi connectivity index (χ1n) is 8.28. The second-order valence-corrected chi connectivity index (χ2v) is 6.26. The number of hydrogen-bond donors (Lipinski definition) is 1. The van der Waals surface area contributed by atoms with E-state index in [1.165, 1.54) is 0 Å². The van der Waals surface area contributed by atoms with Gasteiger partial charge in [-0.05, 0) is 38.1 Å². The molecule has 0 saturated heterocycles. The Balaban J connectivity index is 0.000000500. The van der Waals surface area contributed by atoms with Gasteiger partial charge in [0, 0.05) is 0 Å². The highest BCUT2D eigenvalue weighted by atomic mass is 19.5. The number of fused-ring (bicyclic) bond motifs is 2. The molecule has 0 atom stereocenters. The van der Waals surface area contributed by atoms with Gasteiger partial charge in [-0.15, -0.1) is 0 Å². The molecule has 1 N–H and O–H groups in total. The molecule has 0 aliphatic heterocycles. The summed E-state index contributed by atoms with van der Waals surface area (Å²) >= 11 is 0. The molecular formula is C18H17BF7NO. The van der Waals surface area contributed by atoms with Crippen LogP contribution in [-0.2, 0) is 0 Å². The number of rotatable bonds is 2. The van der Waals surface area contributed by atoms with E-state index in [4.69, 9.17) is 4.42 Å². The quantitative estimate of drug-likeness (QED) is 0.380. The highest BCUT2D eigenvalue weighted by Crippen LogP contribution is 2.20. The van der Waals surface area contributed by atoms with E-state index < -0.39 is 19.9 Å². The minimum atomic E-state index is -6.00. The number of alkyl halides is 3. The molecule has 3 rings (SSSR count). The highest BCUT2D eigenvalue weighted by Gasteiger charge is 2.28. The monoisotopic (exact) mass is 407 g/mol. The van der Waals surface area contributed by atoms with Crippen LogP contribution >= 0.6 is 0 Å². The van der Waals surface area contributed by atoms with Gasteiger partial charge in [-0.3, -0.25) is 0 Å². The van der Waals surface area contributed by atoms with Gasteiger partial charge in [0.2, 0.25) is 5.36 Å². The van der Waals surface area contributed by atoms with Crippen LogP contribution in [0, 0.1) is 13.8 Å². The van der Waals surface area contributed by atoms with E-state index in [0.29, 0.717) is 16.5 Å². The van der Waals surface area contributed by atoms with Crippen LogP contribution in [0.2, 0.25) is 0 Å². The van der Waals surface area contributed by atoms with Gasteiger partial charge in [-0.1, -0.05) is 23.3 Å². The molecule has 0 amide bonds. The molecular weight excluding hydrogens is 390 g/mol. The molecule has 2 aromatic carbocycles. The second kappa shape index (κ2) is 8.24. The first-order valence-corrected chi connectivity index (χ1v) is 8.28. The Morgan fingerprint density at radius 3 is 1.68 bits per heavy atom. The fourth-order valence-electron chi connectivity index (χ4n) is 2.64. The summed E-state index contributed by atoms with van der Waals surface area (Å²) in [7, 11) is -6.00. The Bertz CT molecular complexity index is 969. The van der Waals surface area contributed by atoms with Crippen molar-refractivity contribution in [3.8, 4) is 0 Å². The zero-order chi connectivity index (χ0) is 21.1. The summed E-state index contributed by atoms with van der Waals surface area (Å²) in [5.74, 6) is 0. The average molecular weight is 407 g/mol. The topological polar surface area (TPSA) is 27.1 Å². The van der Waals surface area contributed by atoms with Crippen LogP contribution in [-0.4, -0.2) is 20.0 Å². The zero-order valence-electron chi connectivity index (χ0n) is 15.0. The SMILES string of the molecule is Cc1ccc2oc3ccc(C)cc3c(=[NH+]CCC(F)(F)F)c2c1.F[B-](F)(F)F. The molecule has 2 nitrogen and oxygen atoms in total. The van der Waals surface area contributed by atoms with E-state index in [1.807, 2.05) is 50.2 Å². The van der Waals surface area contributed by atoms with Gasteiger partial charge in [0.15, 0.2) is 0 Å². The van der Waals surface area contributed by atoms with Crippen LogP contribution in [0.25, 0.3) is 21.9 Å². The number of aryl methyl sites for hydroxylation is 2. The predicted octanol–water partition coefficient (Wildman–Crippen LogP) is 4.44. The van der Waals surface area contributed by atoms with Crippen molar-refractivity contribution in [3.63, 3.8) is 0 Å². The zero-order valence-corrected chi connectivity index (χ0v) is 15.0. The largest absolute Gasteiger partial charge is 0.673 e. The molecule has 0 aliphatic rings. The normalized spacial score (nSPS) is 12.0. The summed E-state index contributed by atoms with van der Waals surface area (Å²) in [5.41, 5.74) is 3.36. The molecule has 0 aliphatic carbocycles. The average Bonchev–Trinajstić information content (AvgIpc) is 2.52. The smallest absolute Gasteiger partial charge is 0.456 e. The molecule has 28 heavy (non-hydrogen) atoms. The van der Waals surface area contributed by atoms with Crippen molar-refractivity contribution >= 4 is 29.2 Å². The minimum Gasteiger partial charge on any atom is -0.456 e. The molecule has 0 bridgehead atoms. The third kappa shape index (κ3) is 6.58. The highest BCUT2D eigenvalue weighted by molar-refractivity contribution is 6.50. The van der Waals surface area contributed by atoms with Crippen molar-refractivity contribution in [1.82, 2.24) is 0 Å². The maximum absolute atomic E-state index is 12.5. The van der Waals surface area contributed by atoms with Crippen molar-refractivity contribution < 1.29 is 39.8 Å². The Hall–Kier alpha value is -2.52. The van der Waals surface area contributed by atoms with Gasteiger partial charge in [-0.2, -0.15) is 13.2 Å². The molecule has 152 valence electrons. The standard InChI is InChI=1S/C18H16F3NO.BF4/c1-11-3-5-15-13(9-11)17(22-8-7-18(19,20)21)14-10-12(2)4-6-16(14)23-15;2-1(3,4)5/h3-6,9-10H,7-8H2,1-2H3;/q;-1/p+1. The lowest BCUT2D eigenvalue weighted by Crippen LogP contribution is -2.77. The Morgan fingerprint density at radius 1 is 0.857 bits per heavy atom. The molecule has 10 heteroatoms. The Morgan fingerprint density at radius 2 is 1.29 bits per heavy atom. The minimum absolute atomic E-state index is 0.167. The van der Waals surface area contributed by atoms with E-state index >= 15 is 0 Å². The number of benzene rings is 2. The fraction of sp³-hybridized carbons (Fsp3) is 0.278. The molecule has 1 heterocycles. The van der Waals surface area contributed by atoms with Crippen LogP contribution < -0.4 is 10.3 Å². The molecule has 0 spiro atoms. The van der Waals surface area contributed by atoms with E-state index in [0.717, 1.165) is 21.9 Å². The fourth-order valence-corrected chi connectivity index (χ4v) is 2.64. The summed E-state index contributed by atoms with van der Waals surface area (Å²) in [6, 6.07) is 11.4. The lowest BCUT2D eigenvalue weighted by Gasteiger charge is -2.04. The van der Waals surface area contributed by atoms with Crippen molar-refractivity contribution in [2.45, 2.75) is 26.4 Å². The number of halogens is 7. The third-order valence-corrected chi connectivity index (χ3v) is 3.74. The van der Waals surface area contributed by atoms with E-state index in [2.05, 4.69) is 4.99 Å². The van der Waals surface area contributed by atoms with Crippen LogP contribution in [0.15, 0.2) is 40.8 Å². The van der Waals surface area contributed by atoms with Crippen molar-refractivity contribution in [2.24, 2.45) is 0 Å². The number of hydrogen-bond acceptors (Lipinski definition) is 1. The van der Waals surface area contributed by atoms with Gasteiger partial charge in [0.25, 0.3) is 0 Å². The lowest BCUT2D eigenvalue weighted by atomic mass is 10.1. The lowest BCUT2D eigenvalue weighted by molar-refractivity contribution is -0.504. The summed E-state index contributed by atoms with van der Waals surface area (Å²) in [6.45, 7) is 3.72. The van der Waals surface area contributed by atoms with Gasteiger partial charge in [0.05, 0.1) is 10.8 Å². The molecule has 3 aromatic rings. The maximum Gasteiger partial charge on any atom is 0.673 e. The maximum atomic E-state index is 12.5. The molecule has 0 saturated carbocycles. The van der Waals surface area contributed by atoms with Gasteiger partial charge in [0.1, 0.15) is 24.1 Å². The summed E-state index contributed by atoms with van der Waals surface area (Å²) in [4.78, 5) is 2.96. The molecule has 0 fully saturated rings. The van der Waals surface area contributed by atoms with Gasteiger partial charge in [-0.25, -0.2) is 4.99 Å². The third-order valence-electron chi connectivity index (χ3n) is 3.74. The molecule has 0 radical (unpaired) electrons. The van der Waals surface area contributed by atoms with Crippen LogP contribution in [0.3, 0.4) is 0 Å². The Kier molecular flexibility index (Phi) is 6.41. The van der Waals surface area contributed by atoms with Crippen molar-refractivity contribution in [2.75, 3.05) is 6.54 Å². The van der Waals surface area contributed by atoms with E-state index in [-0.39, 0.29) is 6.54 Å². The molecule has 0 unspecified atom stereocenters. The first-order chi connectivity index (χ1) is 12.8. The molecule has 1 aromatic heterocycles. The van der Waals surface area contributed by atoms with Crippen LogP contribution in [0.1, 0.15) is 17.5 Å². The Labute approximate surface area is 155 Å². The van der Waals surface area contributed by atoms with Crippen LogP contribution in [0.4, 0.5) is 30.4 Å². The van der Waals surface area contributed by atoms with Crippen molar-refractivity contribution in [3.05, 3.63) is 52.9 Å². The summed E-state index contributed by atoms with van der Waals surface area (Å²) in [6.07, 6.45) is -5.05. The van der Waals surface area contributed by atoms with Gasteiger partial charge < -0.3 is 21.7 Å². The summed E-state index contributed by atoms with van der Waals surface area (Å²) < 4.78 is 82.2. The first kappa shape index (κ1) is 21.8. The van der Waals surface area contributed by atoms with Gasteiger partial charge >= 0.3 is 13.4 Å². The second-order valence-electron chi connectivity index (χ2n) is 6.26.